The number of hydrogen-bond acceptors (Lipinski definition) is 4. The standard InChI is InChI=1S/C23H25N3O2/c1-17(2)28-22-12-8-7-11-20(22)25-19-13-14-24-21(15-19)23(27)26(3)16-18-9-5-4-6-10-18/h4-15,17H,16H2,1-3H3,(H,24,25). The summed E-state index contributed by atoms with van der Waals surface area (Å²) in [6.07, 6.45) is 1.71. The van der Waals surface area contributed by atoms with E-state index in [1.54, 1.807) is 24.2 Å². The van der Waals surface area contributed by atoms with E-state index in [0.717, 1.165) is 22.7 Å². The topological polar surface area (TPSA) is 54.5 Å². The van der Waals surface area contributed by atoms with Gasteiger partial charge < -0.3 is 15.0 Å². The second-order valence-electron chi connectivity index (χ2n) is 6.86. The molecule has 0 fully saturated rings. The summed E-state index contributed by atoms with van der Waals surface area (Å²) in [7, 11) is 1.78. The van der Waals surface area contributed by atoms with Gasteiger partial charge in [0.25, 0.3) is 5.91 Å². The van der Waals surface area contributed by atoms with Crippen molar-refractivity contribution in [1.82, 2.24) is 9.88 Å². The number of nitrogens with one attached hydrogen (secondary N) is 1. The Morgan fingerprint density at radius 1 is 1.07 bits per heavy atom. The zero-order chi connectivity index (χ0) is 19.9. The van der Waals surface area contributed by atoms with E-state index in [4.69, 9.17) is 4.74 Å². The van der Waals surface area contributed by atoms with Gasteiger partial charge in [-0.05, 0) is 43.7 Å². The van der Waals surface area contributed by atoms with Crippen molar-refractivity contribution in [2.45, 2.75) is 26.5 Å². The summed E-state index contributed by atoms with van der Waals surface area (Å²) in [6.45, 7) is 4.51. The average Bonchev–Trinajstić information content (AvgIpc) is 2.69. The molecule has 0 unspecified atom stereocenters. The lowest BCUT2D eigenvalue weighted by Crippen LogP contribution is -2.27. The van der Waals surface area contributed by atoms with Crippen molar-refractivity contribution < 1.29 is 9.53 Å². The number of benzene rings is 2. The van der Waals surface area contributed by atoms with Crippen LogP contribution in [0.3, 0.4) is 0 Å². The minimum absolute atomic E-state index is 0.0733. The van der Waals surface area contributed by atoms with E-state index in [-0.39, 0.29) is 12.0 Å². The molecule has 0 radical (unpaired) electrons. The number of pyridine rings is 1. The molecule has 1 aromatic heterocycles. The molecule has 28 heavy (non-hydrogen) atoms. The van der Waals surface area contributed by atoms with Crippen LogP contribution in [0.2, 0.25) is 0 Å². The van der Waals surface area contributed by atoms with Crippen molar-refractivity contribution in [2.24, 2.45) is 0 Å². The summed E-state index contributed by atoms with van der Waals surface area (Å²) in [4.78, 5) is 18.7. The van der Waals surface area contributed by atoms with Crippen molar-refractivity contribution in [3.63, 3.8) is 0 Å². The molecule has 5 heteroatoms. The molecule has 0 atom stereocenters. The maximum absolute atomic E-state index is 12.8. The molecule has 3 rings (SSSR count). The van der Waals surface area contributed by atoms with E-state index < -0.39 is 0 Å². The van der Waals surface area contributed by atoms with Crippen LogP contribution in [0.4, 0.5) is 11.4 Å². The largest absolute Gasteiger partial charge is 0.489 e. The Bertz CT molecular complexity index is 926. The zero-order valence-electron chi connectivity index (χ0n) is 16.4. The Morgan fingerprint density at radius 3 is 2.54 bits per heavy atom. The van der Waals surface area contributed by atoms with Crippen LogP contribution in [0.1, 0.15) is 29.9 Å². The lowest BCUT2D eigenvalue weighted by atomic mass is 10.2. The van der Waals surface area contributed by atoms with Crippen LogP contribution in [0.15, 0.2) is 72.9 Å². The highest BCUT2D eigenvalue weighted by molar-refractivity contribution is 5.93. The third-order valence-corrected chi connectivity index (χ3v) is 4.12. The minimum atomic E-state index is -0.126. The second-order valence-corrected chi connectivity index (χ2v) is 6.86. The minimum Gasteiger partial charge on any atom is -0.489 e. The highest BCUT2D eigenvalue weighted by atomic mass is 16.5. The van der Waals surface area contributed by atoms with Crippen molar-refractivity contribution in [1.29, 1.82) is 0 Å². The Morgan fingerprint density at radius 2 is 1.79 bits per heavy atom. The van der Waals surface area contributed by atoms with E-state index in [0.29, 0.717) is 12.2 Å². The van der Waals surface area contributed by atoms with Crippen LogP contribution in [0.25, 0.3) is 0 Å². The first kappa shape index (κ1) is 19.4. The predicted molar refractivity (Wildman–Crippen MR) is 112 cm³/mol. The van der Waals surface area contributed by atoms with Gasteiger partial charge in [0, 0.05) is 25.5 Å². The molecule has 0 aliphatic rings. The highest BCUT2D eigenvalue weighted by Gasteiger charge is 2.14. The lowest BCUT2D eigenvalue weighted by molar-refractivity contribution is 0.0779. The monoisotopic (exact) mass is 375 g/mol. The number of nitrogens with zero attached hydrogens (tertiary/aromatic N) is 2. The maximum atomic E-state index is 12.8. The number of rotatable bonds is 7. The molecule has 0 bridgehead atoms. The third kappa shape index (κ3) is 5.10. The fraction of sp³-hybridized carbons (Fsp3) is 0.217. The van der Waals surface area contributed by atoms with Crippen molar-refractivity contribution >= 4 is 17.3 Å². The molecule has 1 amide bonds. The number of ether oxygens (including phenoxy) is 1. The average molecular weight is 375 g/mol. The summed E-state index contributed by atoms with van der Waals surface area (Å²) < 4.78 is 5.85. The molecule has 0 saturated carbocycles. The first-order chi connectivity index (χ1) is 13.5. The van der Waals surface area contributed by atoms with Crippen LogP contribution in [-0.4, -0.2) is 28.9 Å². The SMILES string of the molecule is CC(C)Oc1ccccc1Nc1ccnc(C(=O)N(C)Cc2ccccc2)c1. The van der Waals surface area contributed by atoms with Gasteiger partial charge in [-0.15, -0.1) is 0 Å². The molecule has 5 nitrogen and oxygen atoms in total. The Hall–Kier alpha value is -3.34. The summed E-state index contributed by atoms with van der Waals surface area (Å²) in [5.74, 6) is 0.641. The van der Waals surface area contributed by atoms with Crippen LogP contribution in [0.5, 0.6) is 5.75 Å². The number of carbonyl (C=O) groups excluding carboxylic acids is 1. The molecule has 2 aromatic carbocycles. The van der Waals surface area contributed by atoms with Gasteiger partial charge in [-0.25, -0.2) is 0 Å². The fourth-order valence-corrected chi connectivity index (χ4v) is 2.83. The first-order valence-corrected chi connectivity index (χ1v) is 9.31. The Kier molecular flexibility index (Phi) is 6.27. The third-order valence-electron chi connectivity index (χ3n) is 4.12. The molecule has 1 N–H and O–H groups in total. The van der Waals surface area contributed by atoms with E-state index in [1.165, 1.54) is 0 Å². The van der Waals surface area contributed by atoms with Gasteiger partial charge in [0.05, 0.1) is 11.8 Å². The highest BCUT2D eigenvalue weighted by Crippen LogP contribution is 2.28. The number of anilines is 2. The van der Waals surface area contributed by atoms with Crippen molar-refractivity contribution in [2.75, 3.05) is 12.4 Å². The summed E-state index contributed by atoms with van der Waals surface area (Å²) in [6, 6.07) is 21.2. The van der Waals surface area contributed by atoms with E-state index in [9.17, 15) is 4.79 Å². The van der Waals surface area contributed by atoms with Crippen LogP contribution < -0.4 is 10.1 Å². The van der Waals surface area contributed by atoms with Crippen LogP contribution in [0, 0.1) is 0 Å². The normalized spacial score (nSPS) is 10.6. The summed E-state index contributed by atoms with van der Waals surface area (Å²) in [5, 5.41) is 3.33. The van der Waals surface area contributed by atoms with Gasteiger partial charge in [0.1, 0.15) is 11.4 Å². The van der Waals surface area contributed by atoms with Gasteiger partial charge in [0.15, 0.2) is 0 Å². The molecule has 0 aliphatic heterocycles. The first-order valence-electron chi connectivity index (χ1n) is 9.31. The molecule has 1 heterocycles. The lowest BCUT2D eigenvalue weighted by Gasteiger charge is -2.18. The van der Waals surface area contributed by atoms with Gasteiger partial charge in [-0.2, -0.15) is 0 Å². The second kappa shape index (κ2) is 9.04. The molecular weight excluding hydrogens is 350 g/mol. The van der Waals surface area contributed by atoms with Gasteiger partial charge in [0.2, 0.25) is 0 Å². The van der Waals surface area contributed by atoms with Gasteiger partial charge in [-0.3, -0.25) is 9.78 Å². The number of aromatic nitrogens is 1. The number of amides is 1. The molecular formula is C23H25N3O2. The number of para-hydroxylation sites is 2. The van der Waals surface area contributed by atoms with E-state index >= 15 is 0 Å². The van der Waals surface area contributed by atoms with Crippen LogP contribution in [-0.2, 0) is 6.54 Å². The van der Waals surface area contributed by atoms with Crippen molar-refractivity contribution in [3.8, 4) is 5.75 Å². The summed E-state index contributed by atoms with van der Waals surface area (Å²) >= 11 is 0. The quantitative estimate of drug-likeness (QED) is 0.639. The fourth-order valence-electron chi connectivity index (χ4n) is 2.83. The molecule has 0 spiro atoms. The van der Waals surface area contributed by atoms with Crippen LogP contribution >= 0.6 is 0 Å². The van der Waals surface area contributed by atoms with Gasteiger partial charge in [-0.1, -0.05) is 42.5 Å². The smallest absolute Gasteiger partial charge is 0.272 e. The Labute approximate surface area is 166 Å². The molecule has 3 aromatic rings. The maximum Gasteiger partial charge on any atom is 0.272 e. The number of carbonyl (C=O) groups is 1. The molecule has 144 valence electrons. The predicted octanol–water partition coefficient (Wildman–Crippen LogP) is 4.88. The van der Waals surface area contributed by atoms with E-state index in [2.05, 4.69) is 10.3 Å². The Balaban J connectivity index is 1.74. The van der Waals surface area contributed by atoms with Gasteiger partial charge >= 0.3 is 0 Å². The summed E-state index contributed by atoms with van der Waals surface area (Å²) in [5.41, 5.74) is 3.10. The molecule has 0 saturated heterocycles. The zero-order valence-corrected chi connectivity index (χ0v) is 16.4. The molecule has 0 aliphatic carbocycles. The van der Waals surface area contributed by atoms with E-state index in [1.807, 2.05) is 74.5 Å². The number of hydrogen-bond donors (Lipinski definition) is 1. The van der Waals surface area contributed by atoms with Crippen molar-refractivity contribution in [3.05, 3.63) is 84.2 Å².